The van der Waals surface area contributed by atoms with E-state index in [0.29, 0.717) is 25.8 Å². The first-order valence-electron chi connectivity index (χ1n) is 6.32. The van der Waals surface area contributed by atoms with Crippen LogP contribution in [0.4, 0.5) is 5.69 Å². The van der Waals surface area contributed by atoms with Gasteiger partial charge >= 0.3 is 0 Å². The average molecular weight is 235 g/mol. The van der Waals surface area contributed by atoms with Crippen molar-refractivity contribution in [3.05, 3.63) is 29.8 Å². The normalized spacial score (nSPS) is 20.4. The van der Waals surface area contributed by atoms with Crippen LogP contribution in [0.2, 0.25) is 0 Å². The Hall–Kier alpha value is -1.06. The van der Waals surface area contributed by atoms with Gasteiger partial charge in [0.2, 0.25) is 0 Å². The van der Waals surface area contributed by atoms with E-state index in [-0.39, 0.29) is 0 Å². The standard InChI is InChI=1S/C14H21NO2/c1-3-17-10-13(16)9-15-11(2)8-12-6-4-5-7-14(12)15/h4-7,11,13,16H,3,8-10H2,1-2H3. The highest BCUT2D eigenvalue weighted by atomic mass is 16.5. The fourth-order valence-corrected chi connectivity index (χ4v) is 2.44. The van der Waals surface area contributed by atoms with Gasteiger partial charge in [0, 0.05) is 24.9 Å². The van der Waals surface area contributed by atoms with Crippen molar-refractivity contribution in [1.82, 2.24) is 0 Å². The number of aliphatic hydroxyl groups excluding tert-OH is 1. The predicted molar refractivity (Wildman–Crippen MR) is 69.5 cm³/mol. The van der Waals surface area contributed by atoms with E-state index in [0.717, 1.165) is 6.42 Å². The first-order chi connectivity index (χ1) is 8.22. The van der Waals surface area contributed by atoms with Gasteiger partial charge in [-0.25, -0.2) is 0 Å². The molecule has 17 heavy (non-hydrogen) atoms. The largest absolute Gasteiger partial charge is 0.389 e. The van der Waals surface area contributed by atoms with Crippen molar-refractivity contribution >= 4 is 5.69 Å². The number of fused-ring (bicyclic) bond motifs is 1. The van der Waals surface area contributed by atoms with Crippen LogP contribution >= 0.6 is 0 Å². The molecule has 0 radical (unpaired) electrons. The monoisotopic (exact) mass is 235 g/mol. The third-order valence-electron chi connectivity index (χ3n) is 3.27. The third kappa shape index (κ3) is 2.79. The summed E-state index contributed by atoms with van der Waals surface area (Å²) in [7, 11) is 0. The fourth-order valence-electron chi connectivity index (χ4n) is 2.44. The van der Waals surface area contributed by atoms with Gasteiger partial charge in [-0.1, -0.05) is 18.2 Å². The first kappa shape index (κ1) is 12.4. The zero-order chi connectivity index (χ0) is 12.3. The Bertz CT molecular complexity index is 367. The summed E-state index contributed by atoms with van der Waals surface area (Å²) in [5, 5.41) is 9.92. The number of anilines is 1. The Kier molecular flexibility index (Phi) is 4.02. The lowest BCUT2D eigenvalue weighted by atomic mass is 10.1. The highest BCUT2D eigenvalue weighted by molar-refractivity contribution is 5.59. The Morgan fingerprint density at radius 3 is 3.00 bits per heavy atom. The first-order valence-corrected chi connectivity index (χ1v) is 6.32. The maximum absolute atomic E-state index is 9.92. The summed E-state index contributed by atoms with van der Waals surface area (Å²) in [6.45, 7) is 5.87. The van der Waals surface area contributed by atoms with E-state index in [9.17, 15) is 5.11 Å². The number of β-amino-alcohol motifs (C(OH)–C–C–N with tert-alkyl or cyclic N) is 1. The molecule has 0 fully saturated rings. The van der Waals surface area contributed by atoms with Crippen LogP contribution < -0.4 is 4.90 Å². The van der Waals surface area contributed by atoms with Crippen molar-refractivity contribution in [1.29, 1.82) is 0 Å². The molecule has 0 aliphatic carbocycles. The van der Waals surface area contributed by atoms with Crippen molar-refractivity contribution in [2.24, 2.45) is 0 Å². The molecule has 1 aromatic carbocycles. The predicted octanol–water partition coefficient (Wildman–Crippen LogP) is 1.84. The number of aliphatic hydroxyl groups is 1. The van der Waals surface area contributed by atoms with Crippen LogP contribution in [-0.4, -0.2) is 37.0 Å². The zero-order valence-electron chi connectivity index (χ0n) is 10.6. The molecule has 2 atom stereocenters. The van der Waals surface area contributed by atoms with Crippen LogP contribution in [0, 0.1) is 0 Å². The second-order valence-electron chi connectivity index (χ2n) is 4.65. The zero-order valence-corrected chi connectivity index (χ0v) is 10.6. The van der Waals surface area contributed by atoms with Crippen LogP contribution in [0.1, 0.15) is 19.4 Å². The maximum atomic E-state index is 9.92. The van der Waals surface area contributed by atoms with E-state index in [1.165, 1.54) is 11.3 Å². The van der Waals surface area contributed by atoms with E-state index < -0.39 is 6.10 Å². The minimum absolute atomic E-state index is 0.413. The molecular formula is C14H21NO2. The molecule has 0 spiro atoms. The summed E-state index contributed by atoms with van der Waals surface area (Å²) in [6.07, 6.45) is 0.654. The molecule has 3 heteroatoms. The summed E-state index contributed by atoms with van der Waals surface area (Å²) >= 11 is 0. The van der Waals surface area contributed by atoms with E-state index in [1.807, 2.05) is 6.92 Å². The quantitative estimate of drug-likeness (QED) is 0.845. The van der Waals surface area contributed by atoms with Gasteiger partial charge in [-0.05, 0) is 31.9 Å². The summed E-state index contributed by atoms with van der Waals surface area (Å²) in [5.41, 5.74) is 2.64. The number of hydrogen-bond donors (Lipinski definition) is 1. The number of rotatable bonds is 5. The van der Waals surface area contributed by atoms with Crippen LogP contribution in [0.25, 0.3) is 0 Å². The molecule has 3 nitrogen and oxygen atoms in total. The molecule has 0 bridgehead atoms. The molecular weight excluding hydrogens is 214 g/mol. The minimum atomic E-state index is -0.413. The maximum Gasteiger partial charge on any atom is 0.0948 e. The van der Waals surface area contributed by atoms with Gasteiger partial charge in [0.25, 0.3) is 0 Å². The van der Waals surface area contributed by atoms with Gasteiger partial charge in [0.05, 0.1) is 12.7 Å². The molecule has 0 saturated heterocycles. The highest BCUT2D eigenvalue weighted by Gasteiger charge is 2.26. The van der Waals surface area contributed by atoms with Crippen molar-refractivity contribution < 1.29 is 9.84 Å². The topological polar surface area (TPSA) is 32.7 Å². The number of nitrogens with zero attached hydrogens (tertiary/aromatic N) is 1. The van der Waals surface area contributed by atoms with Crippen molar-refractivity contribution in [2.45, 2.75) is 32.4 Å². The summed E-state index contributed by atoms with van der Waals surface area (Å²) in [5.74, 6) is 0. The lowest BCUT2D eigenvalue weighted by molar-refractivity contribution is 0.0458. The molecule has 94 valence electrons. The summed E-state index contributed by atoms with van der Waals surface area (Å²) < 4.78 is 5.25. The van der Waals surface area contributed by atoms with Gasteiger partial charge in [-0.15, -0.1) is 0 Å². The smallest absolute Gasteiger partial charge is 0.0948 e. The number of ether oxygens (including phenoxy) is 1. The van der Waals surface area contributed by atoms with Crippen molar-refractivity contribution in [2.75, 3.05) is 24.7 Å². The van der Waals surface area contributed by atoms with E-state index in [2.05, 4.69) is 36.1 Å². The van der Waals surface area contributed by atoms with Gasteiger partial charge in [-0.2, -0.15) is 0 Å². The molecule has 0 saturated carbocycles. The molecule has 1 aliphatic heterocycles. The average Bonchev–Trinajstić information content (AvgIpc) is 2.64. The Labute approximate surface area is 103 Å². The Balaban J connectivity index is 2.01. The van der Waals surface area contributed by atoms with Crippen molar-refractivity contribution in [3.63, 3.8) is 0 Å². The molecule has 1 aliphatic rings. The second-order valence-corrected chi connectivity index (χ2v) is 4.65. The van der Waals surface area contributed by atoms with Gasteiger partial charge in [-0.3, -0.25) is 0 Å². The van der Waals surface area contributed by atoms with Gasteiger partial charge in [0.15, 0.2) is 0 Å². The van der Waals surface area contributed by atoms with Crippen molar-refractivity contribution in [3.8, 4) is 0 Å². The van der Waals surface area contributed by atoms with Gasteiger partial charge < -0.3 is 14.7 Å². The Morgan fingerprint density at radius 2 is 2.24 bits per heavy atom. The molecule has 1 heterocycles. The number of hydrogen-bond acceptors (Lipinski definition) is 3. The highest BCUT2D eigenvalue weighted by Crippen LogP contribution is 2.31. The molecule has 0 amide bonds. The molecule has 2 unspecified atom stereocenters. The number of benzene rings is 1. The molecule has 1 aromatic rings. The van der Waals surface area contributed by atoms with Gasteiger partial charge in [0.1, 0.15) is 0 Å². The second kappa shape index (κ2) is 5.52. The van der Waals surface area contributed by atoms with E-state index >= 15 is 0 Å². The summed E-state index contributed by atoms with van der Waals surface area (Å²) in [6, 6.07) is 8.89. The molecule has 2 rings (SSSR count). The SMILES string of the molecule is CCOCC(O)CN1c2ccccc2CC1C. The summed E-state index contributed by atoms with van der Waals surface area (Å²) in [4.78, 5) is 2.28. The third-order valence-corrected chi connectivity index (χ3v) is 3.27. The minimum Gasteiger partial charge on any atom is -0.389 e. The van der Waals surface area contributed by atoms with Crippen LogP contribution in [0.5, 0.6) is 0 Å². The lowest BCUT2D eigenvalue weighted by Crippen LogP contribution is -2.38. The molecule has 0 aromatic heterocycles. The number of para-hydroxylation sites is 1. The fraction of sp³-hybridized carbons (Fsp3) is 0.571. The van der Waals surface area contributed by atoms with E-state index in [4.69, 9.17) is 4.74 Å². The lowest BCUT2D eigenvalue weighted by Gasteiger charge is -2.27. The Morgan fingerprint density at radius 1 is 1.47 bits per heavy atom. The van der Waals surface area contributed by atoms with Crippen LogP contribution in [0.3, 0.4) is 0 Å². The van der Waals surface area contributed by atoms with Crippen LogP contribution in [0.15, 0.2) is 24.3 Å². The molecule has 1 N–H and O–H groups in total. The van der Waals surface area contributed by atoms with E-state index in [1.54, 1.807) is 0 Å². The van der Waals surface area contributed by atoms with Crippen LogP contribution in [-0.2, 0) is 11.2 Å².